The van der Waals surface area contributed by atoms with Gasteiger partial charge >= 0.3 is 0 Å². The molecule has 1 aromatic carbocycles. The zero-order chi connectivity index (χ0) is 13.7. The van der Waals surface area contributed by atoms with Gasteiger partial charge in [0.2, 0.25) is 0 Å². The van der Waals surface area contributed by atoms with Gasteiger partial charge in [0.15, 0.2) is 0 Å². The highest BCUT2D eigenvalue weighted by Gasteiger charge is 2.23. The summed E-state index contributed by atoms with van der Waals surface area (Å²) in [5.41, 5.74) is 1.39. The van der Waals surface area contributed by atoms with Gasteiger partial charge in [-0.15, -0.1) is 0 Å². The molecular weight excluding hydrogens is 236 g/mol. The van der Waals surface area contributed by atoms with Crippen LogP contribution in [0.25, 0.3) is 0 Å². The molecule has 19 heavy (non-hydrogen) atoms. The Kier molecular flexibility index (Phi) is 5.23. The Morgan fingerprint density at radius 1 is 1.32 bits per heavy atom. The van der Waals surface area contributed by atoms with Gasteiger partial charge in [-0.3, -0.25) is 0 Å². The van der Waals surface area contributed by atoms with E-state index in [2.05, 4.69) is 36.3 Å². The molecule has 0 saturated carbocycles. The minimum absolute atomic E-state index is 0.685. The van der Waals surface area contributed by atoms with Crippen LogP contribution in [0, 0.1) is 0 Å². The maximum absolute atomic E-state index is 5.19. The average molecular weight is 262 g/mol. The highest BCUT2D eigenvalue weighted by molar-refractivity contribution is 5.27. The molecule has 0 spiro atoms. The summed E-state index contributed by atoms with van der Waals surface area (Å²) in [5.74, 6) is 0.937. The molecule has 2 atom stereocenters. The summed E-state index contributed by atoms with van der Waals surface area (Å²) in [7, 11) is 3.78. The van der Waals surface area contributed by atoms with Gasteiger partial charge in [-0.2, -0.15) is 0 Å². The Balaban J connectivity index is 1.81. The summed E-state index contributed by atoms with van der Waals surface area (Å²) in [4.78, 5) is 2.61. The fourth-order valence-electron chi connectivity index (χ4n) is 2.88. The molecule has 106 valence electrons. The van der Waals surface area contributed by atoms with E-state index in [-0.39, 0.29) is 0 Å². The molecule has 0 bridgehead atoms. The lowest BCUT2D eigenvalue weighted by Gasteiger charge is -2.37. The van der Waals surface area contributed by atoms with Crippen molar-refractivity contribution < 1.29 is 4.74 Å². The van der Waals surface area contributed by atoms with Gasteiger partial charge in [-0.25, -0.2) is 0 Å². The summed E-state index contributed by atoms with van der Waals surface area (Å²) in [6.45, 7) is 4.71. The van der Waals surface area contributed by atoms with E-state index < -0.39 is 0 Å². The first-order valence-electron chi connectivity index (χ1n) is 7.27. The van der Waals surface area contributed by atoms with Crippen LogP contribution in [0.4, 0.5) is 0 Å². The summed E-state index contributed by atoms with van der Waals surface area (Å²) < 4.78 is 5.19. The van der Waals surface area contributed by atoms with Crippen LogP contribution in [0.3, 0.4) is 0 Å². The summed E-state index contributed by atoms with van der Waals surface area (Å²) >= 11 is 0. The Labute approximate surface area is 116 Å². The summed E-state index contributed by atoms with van der Waals surface area (Å²) in [5, 5.41) is 3.40. The zero-order valence-corrected chi connectivity index (χ0v) is 12.4. The van der Waals surface area contributed by atoms with Crippen LogP contribution >= 0.6 is 0 Å². The molecular formula is C16H26N2O. The van der Waals surface area contributed by atoms with Crippen molar-refractivity contribution in [3.63, 3.8) is 0 Å². The van der Waals surface area contributed by atoms with E-state index in [9.17, 15) is 0 Å². The van der Waals surface area contributed by atoms with Crippen LogP contribution in [0.1, 0.15) is 25.3 Å². The van der Waals surface area contributed by atoms with Crippen LogP contribution in [0.15, 0.2) is 24.3 Å². The van der Waals surface area contributed by atoms with Gasteiger partial charge in [0.1, 0.15) is 5.75 Å². The number of piperidine rings is 1. The van der Waals surface area contributed by atoms with E-state index >= 15 is 0 Å². The SMILES string of the molecule is CNC1CCN(CCc2ccc(OC)cc2)C(C)C1. The van der Waals surface area contributed by atoms with Crippen molar-refractivity contribution in [2.24, 2.45) is 0 Å². The molecule has 1 aliphatic heterocycles. The van der Waals surface area contributed by atoms with Crippen LogP contribution in [0.5, 0.6) is 5.75 Å². The van der Waals surface area contributed by atoms with Crippen molar-refractivity contribution in [2.75, 3.05) is 27.2 Å². The van der Waals surface area contributed by atoms with E-state index in [1.807, 2.05) is 12.1 Å². The predicted octanol–water partition coefficient (Wildman–Crippen LogP) is 2.31. The van der Waals surface area contributed by atoms with Crippen molar-refractivity contribution in [1.29, 1.82) is 0 Å². The zero-order valence-electron chi connectivity index (χ0n) is 12.4. The number of benzene rings is 1. The Morgan fingerprint density at radius 3 is 2.63 bits per heavy atom. The smallest absolute Gasteiger partial charge is 0.118 e. The molecule has 1 heterocycles. The lowest BCUT2D eigenvalue weighted by Crippen LogP contribution is -2.47. The fourth-order valence-corrected chi connectivity index (χ4v) is 2.88. The van der Waals surface area contributed by atoms with E-state index in [1.165, 1.54) is 24.9 Å². The highest BCUT2D eigenvalue weighted by atomic mass is 16.5. The van der Waals surface area contributed by atoms with Gasteiger partial charge < -0.3 is 15.0 Å². The summed E-state index contributed by atoms with van der Waals surface area (Å²) in [6.07, 6.45) is 3.65. The largest absolute Gasteiger partial charge is 0.497 e. The van der Waals surface area contributed by atoms with E-state index in [0.717, 1.165) is 18.7 Å². The Hall–Kier alpha value is -1.06. The van der Waals surface area contributed by atoms with E-state index in [4.69, 9.17) is 4.74 Å². The minimum Gasteiger partial charge on any atom is -0.497 e. The molecule has 1 fully saturated rings. The quantitative estimate of drug-likeness (QED) is 0.881. The first kappa shape index (κ1) is 14.4. The molecule has 1 N–H and O–H groups in total. The second kappa shape index (κ2) is 6.92. The highest BCUT2D eigenvalue weighted by Crippen LogP contribution is 2.18. The molecule has 2 unspecified atom stereocenters. The third-order valence-electron chi connectivity index (χ3n) is 4.27. The summed E-state index contributed by atoms with van der Waals surface area (Å²) in [6, 6.07) is 9.82. The Morgan fingerprint density at radius 2 is 2.05 bits per heavy atom. The number of methoxy groups -OCH3 is 1. The standard InChI is InChI=1S/C16H26N2O/c1-13-12-15(17-2)9-11-18(13)10-8-14-4-6-16(19-3)7-5-14/h4-7,13,15,17H,8-12H2,1-3H3. The molecule has 1 aromatic rings. The Bertz CT molecular complexity index is 377. The van der Waals surface area contributed by atoms with Gasteiger partial charge in [0.25, 0.3) is 0 Å². The third-order valence-corrected chi connectivity index (χ3v) is 4.27. The van der Waals surface area contributed by atoms with Crippen molar-refractivity contribution in [1.82, 2.24) is 10.2 Å². The van der Waals surface area contributed by atoms with Gasteiger partial charge in [0.05, 0.1) is 7.11 Å². The molecule has 2 rings (SSSR count). The maximum atomic E-state index is 5.19. The van der Waals surface area contributed by atoms with Crippen LogP contribution in [-0.2, 0) is 6.42 Å². The van der Waals surface area contributed by atoms with Crippen LogP contribution < -0.4 is 10.1 Å². The third kappa shape index (κ3) is 3.95. The minimum atomic E-state index is 0.685. The first-order chi connectivity index (χ1) is 9.22. The van der Waals surface area contributed by atoms with Gasteiger partial charge in [0, 0.05) is 18.6 Å². The molecule has 0 aromatic heterocycles. The molecule has 0 radical (unpaired) electrons. The number of rotatable bonds is 5. The topological polar surface area (TPSA) is 24.5 Å². The van der Waals surface area contributed by atoms with E-state index in [0.29, 0.717) is 12.1 Å². The number of nitrogens with one attached hydrogen (secondary N) is 1. The van der Waals surface area contributed by atoms with Gasteiger partial charge in [-0.05, 0) is 57.5 Å². The number of likely N-dealkylation sites (tertiary alicyclic amines) is 1. The number of hydrogen-bond donors (Lipinski definition) is 1. The predicted molar refractivity (Wildman–Crippen MR) is 79.8 cm³/mol. The fraction of sp³-hybridized carbons (Fsp3) is 0.625. The monoisotopic (exact) mass is 262 g/mol. The normalized spacial score (nSPS) is 24.4. The van der Waals surface area contributed by atoms with Crippen molar-refractivity contribution >= 4 is 0 Å². The van der Waals surface area contributed by atoms with Crippen molar-refractivity contribution in [2.45, 2.75) is 38.3 Å². The number of nitrogens with zero attached hydrogens (tertiary/aromatic N) is 1. The average Bonchev–Trinajstić information content (AvgIpc) is 2.46. The number of ether oxygens (including phenoxy) is 1. The number of hydrogen-bond acceptors (Lipinski definition) is 3. The first-order valence-corrected chi connectivity index (χ1v) is 7.27. The molecule has 0 amide bonds. The van der Waals surface area contributed by atoms with Crippen LogP contribution in [-0.4, -0.2) is 44.2 Å². The van der Waals surface area contributed by atoms with Crippen molar-refractivity contribution in [3.05, 3.63) is 29.8 Å². The molecule has 1 aliphatic rings. The maximum Gasteiger partial charge on any atom is 0.118 e. The molecule has 3 heteroatoms. The lowest BCUT2D eigenvalue weighted by molar-refractivity contribution is 0.140. The molecule has 0 aliphatic carbocycles. The second-order valence-corrected chi connectivity index (χ2v) is 5.49. The van der Waals surface area contributed by atoms with Crippen molar-refractivity contribution in [3.8, 4) is 5.75 Å². The lowest BCUT2D eigenvalue weighted by atomic mass is 9.98. The van der Waals surface area contributed by atoms with Gasteiger partial charge in [-0.1, -0.05) is 12.1 Å². The van der Waals surface area contributed by atoms with Crippen LogP contribution in [0.2, 0.25) is 0 Å². The molecule has 1 saturated heterocycles. The molecule has 3 nitrogen and oxygen atoms in total. The van der Waals surface area contributed by atoms with E-state index in [1.54, 1.807) is 7.11 Å². The second-order valence-electron chi connectivity index (χ2n) is 5.49.